The van der Waals surface area contributed by atoms with E-state index in [1.165, 1.54) is 70.6 Å². The van der Waals surface area contributed by atoms with Crippen LogP contribution in [0.5, 0.6) is 0 Å². The number of aliphatic hydroxyl groups excluding tert-OH is 1. The second-order valence-electron chi connectivity index (χ2n) is 25.5. The van der Waals surface area contributed by atoms with Gasteiger partial charge in [-0.05, 0) is 116 Å². The Kier molecular flexibility index (Phi) is 68.4. The molecule has 0 aromatic rings. The molecule has 0 aliphatic heterocycles. The quantitative estimate of drug-likeness (QED) is 0.0169. The van der Waals surface area contributed by atoms with Gasteiger partial charge in [-0.3, -0.25) is 37.3 Å². The zero-order valence-corrected chi connectivity index (χ0v) is 63.5. The van der Waals surface area contributed by atoms with E-state index < -0.39 is 97.5 Å². The highest BCUT2D eigenvalue weighted by Crippen LogP contribution is 2.45. The smallest absolute Gasteiger partial charge is 0.462 e. The lowest BCUT2D eigenvalue weighted by Gasteiger charge is -2.21. The maximum absolute atomic E-state index is 13.1. The van der Waals surface area contributed by atoms with Crippen LogP contribution in [0.2, 0.25) is 0 Å². The summed E-state index contributed by atoms with van der Waals surface area (Å²) in [4.78, 5) is 72.8. The van der Waals surface area contributed by atoms with Crippen molar-refractivity contribution in [3.05, 3.63) is 97.2 Å². The van der Waals surface area contributed by atoms with E-state index in [-0.39, 0.29) is 25.7 Å². The first-order valence-corrected chi connectivity index (χ1v) is 41.5. The number of esters is 4. The van der Waals surface area contributed by atoms with E-state index in [0.717, 1.165) is 173 Å². The molecule has 0 heterocycles. The molecule has 5 atom stereocenters. The van der Waals surface area contributed by atoms with E-state index in [2.05, 4.69) is 125 Å². The molecule has 0 radical (unpaired) electrons. The Hall–Kier alpha value is -4.02. The number of carbonyl (C=O) groups excluding carboxylic acids is 4. The summed E-state index contributed by atoms with van der Waals surface area (Å²) in [7, 11) is -9.95. The molecule has 0 bridgehead atoms. The zero-order chi connectivity index (χ0) is 71.8. The summed E-state index contributed by atoms with van der Waals surface area (Å²) in [6.45, 7) is 4.59. The lowest BCUT2D eigenvalue weighted by atomic mass is 10.0. The summed E-state index contributed by atoms with van der Waals surface area (Å²) in [6, 6.07) is 0. The van der Waals surface area contributed by atoms with Gasteiger partial charge >= 0.3 is 39.5 Å². The highest BCUT2D eigenvalue weighted by Gasteiger charge is 2.30. The number of aliphatic hydroxyl groups is 1. The normalized spacial score (nSPS) is 14.5. The van der Waals surface area contributed by atoms with Crippen LogP contribution in [0.15, 0.2) is 97.2 Å². The maximum Gasteiger partial charge on any atom is 0.472 e. The summed E-state index contributed by atoms with van der Waals surface area (Å²) >= 11 is 0. The summed E-state index contributed by atoms with van der Waals surface area (Å²) in [5.74, 6) is -2.20. The van der Waals surface area contributed by atoms with Gasteiger partial charge in [0, 0.05) is 25.7 Å². The van der Waals surface area contributed by atoms with Gasteiger partial charge in [0.2, 0.25) is 0 Å². The number of carbonyl (C=O) groups is 4. The van der Waals surface area contributed by atoms with Gasteiger partial charge in [-0.25, -0.2) is 9.13 Å². The van der Waals surface area contributed by atoms with Crippen molar-refractivity contribution in [2.45, 2.75) is 341 Å². The van der Waals surface area contributed by atoms with Gasteiger partial charge in [0.25, 0.3) is 0 Å². The number of allylic oxidation sites excluding steroid dienone is 16. The van der Waals surface area contributed by atoms with Crippen molar-refractivity contribution in [3.8, 4) is 0 Å². The average Bonchev–Trinajstić information content (AvgIpc) is 0.992. The molecule has 3 N–H and O–H groups in total. The molecule has 0 saturated carbocycles. The molecule has 0 aromatic heterocycles. The first-order valence-electron chi connectivity index (χ1n) is 38.5. The van der Waals surface area contributed by atoms with Crippen LogP contribution in [0.4, 0.5) is 0 Å². The zero-order valence-electron chi connectivity index (χ0n) is 61.7. The molecule has 19 heteroatoms. The third-order valence-electron chi connectivity index (χ3n) is 16.0. The molecule has 0 fully saturated rings. The standard InChI is InChI=1S/C79H138O17P2/c1-5-9-13-17-21-25-29-32-34-35-36-37-39-41-45-48-52-56-60-64-77(82)90-70-75(96-79(84)66-62-58-54-50-46-42-38-33-30-26-22-18-14-10-6-2)72-94-98(87,88)92-68-73(80)67-91-97(85,86)93-71-74(95-78(83)65-61-57-53-49-43-28-24-20-16-12-8-4)69-89-76(81)63-59-55-51-47-44-40-31-27-23-19-15-11-7-3/h9-10,13-14,20-22,24-26,32-34,36-38,73-75,80H,5-8,11-12,15-19,23,27-31,35,39-72H2,1-4H3,(H,85,86)(H,87,88)/b13-9-,14-10-,24-20-,25-21-,26-22-,34-32-,37-36-,38-33-. The Bertz CT molecular complexity index is 2240. The summed E-state index contributed by atoms with van der Waals surface area (Å²) in [6.07, 6.45) is 74.0. The molecular formula is C79H138O17P2. The summed E-state index contributed by atoms with van der Waals surface area (Å²) in [5, 5.41) is 10.6. The van der Waals surface area contributed by atoms with Crippen LogP contribution in [0.3, 0.4) is 0 Å². The summed E-state index contributed by atoms with van der Waals surface area (Å²) < 4.78 is 68.4. The average molecular weight is 1420 g/mol. The van der Waals surface area contributed by atoms with E-state index in [0.29, 0.717) is 25.7 Å². The maximum atomic E-state index is 13.1. The monoisotopic (exact) mass is 1420 g/mol. The van der Waals surface area contributed by atoms with Crippen molar-refractivity contribution in [2.24, 2.45) is 0 Å². The molecule has 5 unspecified atom stereocenters. The third-order valence-corrected chi connectivity index (χ3v) is 17.9. The number of phosphoric acid groups is 2. The molecule has 0 aliphatic carbocycles. The van der Waals surface area contributed by atoms with Crippen LogP contribution in [0.25, 0.3) is 0 Å². The van der Waals surface area contributed by atoms with Crippen LogP contribution in [0.1, 0.15) is 323 Å². The number of unbranched alkanes of at least 4 members (excludes halogenated alkanes) is 30. The SMILES string of the molecule is CC/C=C\C/C=C\C/C=C\C/C=C\CCCCCCCCC(=O)OCC(COP(=O)(O)OCC(O)COP(=O)(O)OCC(COC(=O)CCCCCCCCCCCCCCC)OC(=O)CCCCCCC/C=C\CCCC)OC(=O)CCCCCCC/C=C\C/C=C\C/C=C\CC. The minimum atomic E-state index is -4.98. The van der Waals surface area contributed by atoms with Crippen LogP contribution < -0.4 is 0 Å². The third kappa shape index (κ3) is 70.4. The topological polar surface area (TPSA) is 237 Å². The number of hydrogen-bond donors (Lipinski definition) is 3. The number of ether oxygens (including phenoxy) is 4. The van der Waals surface area contributed by atoms with Crippen LogP contribution >= 0.6 is 15.6 Å². The van der Waals surface area contributed by atoms with E-state index in [9.17, 15) is 43.2 Å². The second-order valence-corrected chi connectivity index (χ2v) is 28.4. The van der Waals surface area contributed by atoms with Crippen LogP contribution in [-0.4, -0.2) is 96.7 Å². The fourth-order valence-electron chi connectivity index (χ4n) is 10.2. The molecule has 0 saturated heterocycles. The Morgan fingerprint density at radius 2 is 0.541 bits per heavy atom. The Labute approximate surface area is 595 Å². The molecule has 0 aromatic carbocycles. The molecule has 0 aliphatic rings. The molecule has 98 heavy (non-hydrogen) atoms. The van der Waals surface area contributed by atoms with E-state index >= 15 is 0 Å². The molecular weight excluding hydrogens is 1280 g/mol. The van der Waals surface area contributed by atoms with Crippen molar-refractivity contribution >= 4 is 39.5 Å². The van der Waals surface area contributed by atoms with Crippen molar-refractivity contribution in [1.29, 1.82) is 0 Å². The van der Waals surface area contributed by atoms with Crippen molar-refractivity contribution in [1.82, 2.24) is 0 Å². The Morgan fingerprint density at radius 3 is 0.857 bits per heavy atom. The van der Waals surface area contributed by atoms with Crippen molar-refractivity contribution in [2.75, 3.05) is 39.6 Å². The highest BCUT2D eigenvalue weighted by atomic mass is 31.2. The Balaban J connectivity index is 5.33. The van der Waals surface area contributed by atoms with E-state index in [1.54, 1.807) is 0 Å². The molecule has 566 valence electrons. The summed E-state index contributed by atoms with van der Waals surface area (Å²) in [5.41, 5.74) is 0. The lowest BCUT2D eigenvalue weighted by Crippen LogP contribution is -2.30. The van der Waals surface area contributed by atoms with Gasteiger partial charge in [-0.15, -0.1) is 0 Å². The Morgan fingerprint density at radius 1 is 0.296 bits per heavy atom. The van der Waals surface area contributed by atoms with Crippen LogP contribution in [-0.2, 0) is 65.4 Å². The number of phosphoric ester groups is 2. The van der Waals surface area contributed by atoms with Crippen molar-refractivity contribution < 1.29 is 80.2 Å². The van der Waals surface area contributed by atoms with Crippen molar-refractivity contribution in [3.63, 3.8) is 0 Å². The predicted octanol–water partition coefficient (Wildman–Crippen LogP) is 22.0. The van der Waals surface area contributed by atoms with Gasteiger partial charge in [0.1, 0.15) is 19.3 Å². The van der Waals surface area contributed by atoms with Crippen LogP contribution in [0, 0.1) is 0 Å². The first-order chi connectivity index (χ1) is 47.7. The van der Waals surface area contributed by atoms with E-state index in [4.69, 9.17) is 37.0 Å². The highest BCUT2D eigenvalue weighted by molar-refractivity contribution is 7.47. The fraction of sp³-hybridized carbons (Fsp3) is 0.747. The van der Waals surface area contributed by atoms with Gasteiger partial charge < -0.3 is 33.8 Å². The first kappa shape index (κ1) is 94.0. The minimum absolute atomic E-state index is 0.0718. The molecule has 0 rings (SSSR count). The number of hydrogen-bond acceptors (Lipinski definition) is 15. The van der Waals surface area contributed by atoms with E-state index in [1.807, 2.05) is 0 Å². The fourth-order valence-corrected chi connectivity index (χ4v) is 11.8. The van der Waals surface area contributed by atoms with Gasteiger partial charge in [0.15, 0.2) is 12.2 Å². The minimum Gasteiger partial charge on any atom is -0.462 e. The molecule has 0 amide bonds. The molecule has 0 spiro atoms. The van der Waals surface area contributed by atoms with Gasteiger partial charge in [-0.1, -0.05) is 279 Å². The second kappa shape index (κ2) is 71.4. The predicted molar refractivity (Wildman–Crippen MR) is 399 cm³/mol. The largest absolute Gasteiger partial charge is 0.472 e. The number of rotatable bonds is 72. The van der Waals surface area contributed by atoms with Gasteiger partial charge in [0.05, 0.1) is 26.4 Å². The molecule has 17 nitrogen and oxygen atoms in total. The van der Waals surface area contributed by atoms with Gasteiger partial charge in [-0.2, -0.15) is 0 Å². The lowest BCUT2D eigenvalue weighted by molar-refractivity contribution is -0.161.